The van der Waals surface area contributed by atoms with Crippen LogP contribution in [0.5, 0.6) is 0 Å². The number of hydrogen-bond acceptors (Lipinski definition) is 6. The summed E-state index contributed by atoms with van der Waals surface area (Å²) in [5.41, 5.74) is 0. The number of rotatable bonds is 7. The molecule has 9 heteroatoms. The highest BCUT2D eigenvalue weighted by Crippen LogP contribution is 1.99. The van der Waals surface area contributed by atoms with Crippen LogP contribution in [0.15, 0.2) is 12.7 Å². The molecule has 98 valence electrons. The second-order valence-electron chi connectivity index (χ2n) is 3.29. The average Bonchev–Trinajstić information content (AvgIpc) is 2.84. The van der Waals surface area contributed by atoms with Crippen molar-refractivity contribution in [2.45, 2.75) is 18.9 Å². The van der Waals surface area contributed by atoms with Crippen molar-refractivity contribution in [2.24, 2.45) is 0 Å². The van der Waals surface area contributed by atoms with E-state index in [1.165, 1.54) is 6.08 Å². The van der Waals surface area contributed by atoms with E-state index in [9.17, 15) is 9.59 Å². The molecule has 1 aromatic heterocycles. The molecule has 0 aromatic carbocycles. The van der Waals surface area contributed by atoms with Crippen LogP contribution in [0.1, 0.15) is 12.2 Å². The van der Waals surface area contributed by atoms with Crippen LogP contribution in [-0.4, -0.2) is 50.4 Å². The van der Waals surface area contributed by atoms with Crippen LogP contribution in [0, 0.1) is 0 Å². The van der Waals surface area contributed by atoms with Gasteiger partial charge in [0.2, 0.25) is 0 Å². The molecular formula is C9H13N5O4. The summed E-state index contributed by atoms with van der Waals surface area (Å²) >= 11 is 0. The Morgan fingerprint density at radius 1 is 1.61 bits per heavy atom. The first-order valence-electron chi connectivity index (χ1n) is 5.12. The third-order valence-electron chi connectivity index (χ3n) is 1.97. The molecule has 1 rings (SSSR count). The van der Waals surface area contributed by atoms with Gasteiger partial charge in [-0.25, -0.2) is 9.59 Å². The monoisotopic (exact) mass is 255 g/mol. The van der Waals surface area contributed by atoms with E-state index >= 15 is 0 Å². The molecule has 9 nitrogen and oxygen atoms in total. The summed E-state index contributed by atoms with van der Waals surface area (Å²) in [6.07, 6.45) is 0.984. The van der Waals surface area contributed by atoms with Crippen LogP contribution in [0.3, 0.4) is 0 Å². The fourth-order valence-electron chi connectivity index (χ4n) is 1.14. The van der Waals surface area contributed by atoms with Gasteiger partial charge in [-0.2, -0.15) is 5.21 Å². The molecule has 0 spiro atoms. The molecule has 0 bridgehead atoms. The minimum absolute atomic E-state index is 0.0169. The Morgan fingerprint density at radius 2 is 2.39 bits per heavy atom. The Balaban J connectivity index is 2.42. The largest absolute Gasteiger partial charge is 0.480 e. The van der Waals surface area contributed by atoms with Crippen LogP contribution < -0.4 is 5.32 Å². The van der Waals surface area contributed by atoms with Gasteiger partial charge in [-0.15, -0.1) is 10.2 Å². The summed E-state index contributed by atoms with van der Waals surface area (Å²) in [6, 6.07) is -1.07. The lowest BCUT2D eigenvalue weighted by atomic mass is 10.1. The van der Waals surface area contributed by atoms with Gasteiger partial charge >= 0.3 is 12.1 Å². The van der Waals surface area contributed by atoms with Gasteiger partial charge in [-0.3, -0.25) is 0 Å². The number of carbonyl (C=O) groups excluding carboxylic acids is 1. The number of H-pyrrole nitrogens is 1. The fraction of sp³-hybridized carbons (Fsp3) is 0.444. The SMILES string of the molecule is C=CCOC(=O)N[C@@H](CCc1nn[nH]n1)C(=O)O. The third kappa shape index (κ3) is 4.60. The number of aromatic nitrogens is 4. The van der Waals surface area contributed by atoms with E-state index < -0.39 is 18.1 Å². The van der Waals surface area contributed by atoms with Gasteiger partial charge in [0.15, 0.2) is 5.82 Å². The molecule has 0 unspecified atom stereocenters. The topological polar surface area (TPSA) is 130 Å². The van der Waals surface area contributed by atoms with E-state index in [1.54, 1.807) is 0 Å². The summed E-state index contributed by atoms with van der Waals surface area (Å²) in [6.45, 7) is 3.39. The number of aliphatic carboxylic acids is 1. The number of carboxylic acids is 1. The first-order valence-corrected chi connectivity index (χ1v) is 5.12. The molecule has 1 amide bonds. The Hall–Kier alpha value is -2.45. The quantitative estimate of drug-likeness (QED) is 0.559. The molecule has 0 saturated heterocycles. The van der Waals surface area contributed by atoms with Crippen molar-refractivity contribution in [2.75, 3.05) is 6.61 Å². The molecule has 0 aliphatic rings. The van der Waals surface area contributed by atoms with Gasteiger partial charge in [0, 0.05) is 6.42 Å². The highest BCUT2D eigenvalue weighted by atomic mass is 16.5. The standard InChI is InChI=1S/C9H13N5O4/c1-2-5-18-9(17)10-6(8(15)16)3-4-7-11-13-14-12-7/h2,6H,1,3-5H2,(H,10,17)(H,15,16)(H,11,12,13,14)/t6-/m0/s1. The number of nitrogens with zero attached hydrogens (tertiary/aromatic N) is 3. The van der Waals surface area contributed by atoms with Crippen molar-refractivity contribution in [3.05, 3.63) is 18.5 Å². The molecule has 1 heterocycles. The zero-order chi connectivity index (χ0) is 13.4. The van der Waals surface area contributed by atoms with Gasteiger partial charge in [0.1, 0.15) is 12.6 Å². The lowest BCUT2D eigenvalue weighted by molar-refractivity contribution is -0.139. The smallest absolute Gasteiger partial charge is 0.408 e. The van der Waals surface area contributed by atoms with Gasteiger partial charge in [-0.05, 0) is 6.42 Å². The van der Waals surface area contributed by atoms with Crippen LogP contribution in [0.2, 0.25) is 0 Å². The number of hydrogen-bond donors (Lipinski definition) is 3. The average molecular weight is 255 g/mol. The predicted molar refractivity (Wildman–Crippen MR) is 58.6 cm³/mol. The molecule has 1 aromatic rings. The predicted octanol–water partition coefficient (Wildman–Crippen LogP) is -0.502. The lowest BCUT2D eigenvalue weighted by Gasteiger charge is -2.12. The molecule has 0 saturated carbocycles. The van der Waals surface area contributed by atoms with Crippen molar-refractivity contribution in [3.63, 3.8) is 0 Å². The van der Waals surface area contributed by atoms with Crippen LogP contribution in [-0.2, 0) is 16.0 Å². The first-order chi connectivity index (χ1) is 8.63. The number of carboxylic acid groups (broad SMARTS) is 1. The minimum Gasteiger partial charge on any atom is -0.480 e. The van der Waals surface area contributed by atoms with Crippen molar-refractivity contribution in [1.82, 2.24) is 25.9 Å². The maximum atomic E-state index is 11.2. The Kier molecular flexibility index (Phi) is 5.29. The summed E-state index contributed by atoms with van der Waals surface area (Å²) in [4.78, 5) is 22.1. The maximum absolute atomic E-state index is 11.2. The number of aromatic amines is 1. The highest BCUT2D eigenvalue weighted by molar-refractivity contribution is 5.79. The van der Waals surface area contributed by atoms with E-state index in [-0.39, 0.29) is 19.4 Å². The van der Waals surface area contributed by atoms with E-state index in [0.717, 1.165) is 0 Å². The van der Waals surface area contributed by atoms with Crippen LogP contribution >= 0.6 is 0 Å². The number of alkyl carbamates (subject to hydrolysis) is 1. The van der Waals surface area contributed by atoms with E-state index in [0.29, 0.717) is 5.82 Å². The van der Waals surface area contributed by atoms with Gasteiger partial charge in [-0.1, -0.05) is 17.9 Å². The molecular weight excluding hydrogens is 242 g/mol. The summed E-state index contributed by atoms with van der Waals surface area (Å²) < 4.78 is 4.63. The molecule has 0 fully saturated rings. The van der Waals surface area contributed by atoms with Crippen molar-refractivity contribution in [1.29, 1.82) is 0 Å². The number of tetrazole rings is 1. The molecule has 0 radical (unpaired) electrons. The minimum atomic E-state index is -1.16. The van der Waals surface area contributed by atoms with E-state index in [2.05, 4.69) is 37.3 Å². The second kappa shape index (κ2) is 6.99. The van der Waals surface area contributed by atoms with E-state index in [4.69, 9.17) is 5.11 Å². The molecule has 18 heavy (non-hydrogen) atoms. The molecule has 3 N–H and O–H groups in total. The number of carbonyl (C=O) groups is 2. The number of aryl methyl sites for hydroxylation is 1. The van der Waals surface area contributed by atoms with Crippen molar-refractivity contribution in [3.8, 4) is 0 Å². The molecule has 0 aliphatic heterocycles. The zero-order valence-electron chi connectivity index (χ0n) is 9.50. The zero-order valence-corrected chi connectivity index (χ0v) is 9.50. The molecule has 1 atom stereocenters. The van der Waals surface area contributed by atoms with Crippen molar-refractivity contribution >= 4 is 12.1 Å². The normalized spacial score (nSPS) is 11.6. The van der Waals surface area contributed by atoms with Crippen molar-refractivity contribution < 1.29 is 19.4 Å². The van der Waals surface area contributed by atoms with Crippen LogP contribution in [0.25, 0.3) is 0 Å². The van der Waals surface area contributed by atoms with Gasteiger partial charge in [0.25, 0.3) is 0 Å². The first kappa shape index (κ1) is 13.6. The van der Waals surface area contributed by atoms with Crippen LogP contribution in [0.4, 0.5) is 4.79 Å². The fourth-order valence-corrected chi connectivity index (χ4v) is 1.14. The Morgan fingerprint density at radius 3 is 2.94 bits per heavy atom. The lowest BCUT2D eigenvalue weighted by Crippen LogP contribution is -2.41. The molecule has 0 aliphatic carbocycles. The van der Waals surface area contributed by atoms with E-state index in [1.807, 2.05) is 0 Å². The number of amides is 1. The van der Waals surface area contributed by atoms with Gasteiger partial charge in [0.05, 0.1) is 0 Å². The number of ether oxygens (including phenoxy) is 1. The summed E-state index contributed by atoms with van der Waals surface area (Å²) in [5.74, 6) is -0.781. The Labute approximate surface area is 102 Å². The highest BCUT2D eigenvalue weighted by Gasteiger charge is 2.21. The Bertz CT molecular complexity index is 405. The third-order valence-corrected chi connectivity index (χ3v) is 1.97. The second-order valence-corrected chi connectivity index (χ2v) is 3.29. The van der Waals surface area contributed by atoms with Gasteiger partial charge < -0.3 is 15.2 Å². The summed E-state index contributed by atoms with van der Waals surface area (Å²) in [5, 5.41) is 24.1. The maximum Gasteiger partial charge on any atom is 0.408 e. The summed E-state index contributed by atoms with van der Waals surface area (Å²) in [7, 11) is 0. The number of nitrogens with one attached hydrogen (secondary N) is 2.